The van der Waals surface area contributed by atoms with Crippen molar-refractivity contribution >= 4 is 10.1 Å². The lowest BCUT2D eigenvalue weighted by Crippen LogP contribution is -2.60. The molecule has 0 saturated carbocycles. The Kier molecular flexibility index (Phi) is 5.11. The van der Waals surface area contributed by atoms with E-state index in [9.17, 15) is 13.0 Å². The van der Waals surface area contributed by atoms with Crippen LogP contribution in [-0.2, 0) is 10.1 Å². The Balaban J connectivity index is 3.54. The third-order valence-corrected chi connectivity index (χ3v) is 8.42. The SMILES string of the molecule is CCCC(C)(C)C(C)(C)C(C)(C)C1(S(=O)(=O)O)C=CC=CC1. The maximum Gasteiger partial charge on any atom is 0.275 e. The maximum absolute atomic E-state index is 12.4. The summed E-state index contributed by atoms with van der Waals surface area (Å²) in [6.45, 7) is 14.7. The van der Waals surface area contributed by atoms with Gasteiger partial charge in [-0.25, -0.2) is 0 Å². The standard InChI is InChI=1S/C18H32O3S/c1-8-12-15(2,3)16(4,5)17(6,7)18(22(19,20)21)13-10-9-11-14-18/h9-11,13H,8,12,14H2,1-7H3,(H,19,20,21). The molecule has 1 N–H and O–H groups in total. The Morgan fingerprint density at radius 2 is 1.64 bits per heavy atom. The second-order valence-electron chi connectivity index (χ2n) is 8.24. The molecule has 0 bridgehead atoms. The Hall–Kier alpha value is -0.610. The van der Waals surface area contributed by atoms with Gasteiger partial charge in [0.2, 0.25) is 0 Å². The molecule has 0 fully saturated rings. The van der Waals surface area contributed by atoms with Gasteiger partial charge in [-0.15, -0.1) is 0 Å². The van der Waals surface area contributed by atoms with Crippen molar-refractivity contribution in [3.8, 4) is 0 Å². The largest absolute Gasteiger partial charge is 0.285 e. The third-order valence-electron chi connectivity index (χ3n) is 6.68. The van der Waals surface area contributed by atoms with Crippen molar-refractivity contribution in [2.45, 2.75) is 72.5 Å². The summed E-state index contributed by atoms with van der Waals surface area (Å²) in [6.07, 6.45) is 9.43. The lowest BCUT2D eigenvalue weighted by Gasteiger charge is -2.58. The molecular weight excluding hydrogens is 296 g/mol. The number of allylic oxidation sites excluding steroid dienone is 3. The van der Waals surface area contributed by atoms with Gasteiger partial charge in [0.1, 0.15) is 4.75 Å². The van der Waals surface area contributed by atoms with Crippen LogP contribution in [0.5, 0.6) is 0 Å². The van der Waals surface area contributed by atoms with Crippen LogP contribution >= 0.6 is 0 Å². The predicted molar refractivity (Wildman–Crippen MR) is 93.4 cm³/mol. The summed E-state index contributed by atoms with van der Waals surface area (Å²) in [7, 11) is -4.24. The average Bonchev–Trinajstić information content (AvgIpc) is 2.37. The van der Waals surface area contributed by atoms with Crippen molar-refractivity contribution in [1.82, 2.24) is 0 Å². The predicted octanol–water partition coefficient (Wildman–Crippen LogP) is 5.01. The third kappa shape index (κ3) is 2.69. The molecule has 1 atom stereocenters. The van der Waals surface area contributed by atoms with E-state index in [1.54, 1.807) is 12.2 Å². The summed E-state index contributed by atoms with van der Waals surface area (Å²) < 4.78 is 33.5. The first-order valence-electron chi connectivity index (χ1n) is 8.08. The highest BCUT2D eigenvalue weighted by Crippen LogP contribution is 2.61. The van der Waals surface area contributed by atoms with Gasteiger partial charge in [-0.2, -0.15) is 8.42 Å². The van der Waals surface area contributed by atoms with Crippen LogP contribution in [-0.4, -0.2) is 17.7 Å². The van der Waals surface area contributed by atoms with Gasteiger partial charge in [0.15, 0.2) is 0 Å². The van der Waals surface area contributed by atoms with E-state index in [1.807, 2.05) is 26.0 Å². The molecule has 128 valence electrons. The molecule has 1 aliphatic rings. The average molecular weight is 329 g/mol. The highest BCUT2D eigenvalue weighted by atomic mass is 32.2. The van der Waals surface area contributed by atoms with E-state index < -0.39 is 20.3 Å². The summed E-state index contributed by atoms with van der Waals surface area (Å²) in [5.41, 5.74) is -1.01. The van der Waals surface area contributed by atoms with Gasteiger partial charge in [-0.05, 0) is 29.1 Å². The second-order valence-corrected chi connectivity index (χ2v) is 9.92. The Bertz CT molecular complexity index is 565. The fourth-order valence-corrected chi connectivity index (χ4v) is 5.35. The minimum Gasteiger partial charge on any atom is -0.285 e. The fourth-order valence-electron chi connectivity index (χ4n) is 3.89. The summed E-state index contributed by atoms with van der Waals surface area (Å²) in [4.78, 5) is 0. The van der Waals surface area contributed by atoms with E-state index in [1.165, 1.54) is 0 Å². The van der Waals surface area contributed by atoms with Crippen LogP contribution in [0.25, 0.3) is 0 Å². The number of hydrogen-bond acceptors (Lipinski definition) is 2. The van der Waals surface area contributed by atoms with Gasteiger partial charge in [0.05, 0.1) is 0 Å². The maximum atomic E-state index is 12.4. The van der Waals surface area contributed by atoms with Gasteiger partial charge < -0.3 is 0 Å². The fraction of sp³-hybridized carbons (Fsp3) is 0.778. The highest BCUT2D eigenvalue weighted by molar-refractivity contribution is 7.87. The smallest absolute Gasteiger partial charge is 0.275 e. The van der Waals surface area contributed by atoms with Crippen LogP contribution in [0.4, 0.5) is 0 Å². The van der Waals surface area contributed by atoms with Gasteiger partial charge in [-0.1, -0.05) is 79.2 Å². The van der Waals surface area contributed by atoms with Crippen LogP contribution in [0.1, 0.15) is 67.7 Å². The molecule has 0 spiro atoms. The molecule has 0 aromatic heterocycles. The molecule has 0 heterocycles. The molecule has 1 aliphatic carbocycles. The lowest BCUT2D eigenvalue weighted by molar-refractivity contribution is -0.0439. The van der Waals surface area contributed by atoms with Crippen molar-refractivity contribution in [3.63, 3.8) is 0 Å². The lowest BCUT2D eigenvalue weighted by atomic mass is 9.49. The van der Waals surface area contributed by atoms with Crippen LogP contribution in [0.3, 0.4) is 0 Å². The van der Waals surface area contributed by atoms with Gasteiger partial charge >= 0.3 is 0 Å². The molecule has 0 saturated heterocycles. The topological polar surface area (TPSA) is 54.4 Å². The summed E-state index contributed by atoms with van der Waals surface area (Å²) >= 11 is 0. The normalized spacial score (nSPS) is 23.8. The zero-order valence-electron chi connectivity index (χ0n) is 15.1. The molecule has 1 unspecified atom stereocenters. The molecule has 1 rings (SSSR count). The monoisotopic (exact) mass is 328 g/mol. The van der Waals surface area contributed by atoms with Gasteiger partial charge in [0, 0.05) is 0 Å². The molecule has 0 aliphatic heterocycles. The highest BCUT2D eigenvalue weighted by Gasteiger charge is 2.62. The quantitative estimate of drug-likeness (QED) is 0.697. The molecule has 0 amide bonds. The first-order valence-corrected chi connectivity index (χ1v) is 9.52. The second kappa shape index (κ2) is 5.79. The Morgan fingerprint density at radius 3 is 2.00 bits per heavy atom. The number of rotatable bonds is 6. The van der Waals surface area contributed by atoms with Crippen LogP contribution in [0, 0.1) is 16.2 Å². The zero-order chi connectivity index (χ0) is 17.4. The molecule has 4 heteroatoms. The van der Waals surface area contributed by atoms with Gasteiger partial charge in [-0.3, -0.25) is 4.55 Å². The molecule has 0 radical (unpaired) electrons. The van der Waals surface area contributed by atoms with E-state index >= 15 is 0 Å². The van der Waals surface area contributed by atoms with E-state index in [4.69, 9.17) is 0 Å². The molecule has 3 nitrogen and oxygen atoms in total. The first-order chi connectivity index (χ1) is 9.77. The van der Waals surface area contributed by atoms with Gasteiger partial charge in [0.25, 0.3) is 10.1 Å². The number of hydrogen-bond donors (Lipinski definition) is 1. The Labute approximate surface area is 136 Å². The van der Waals surface area contributed by atoms with E-state index in [0.29, 0.717) is 6.42 Å². The van der Waals surface area contributed by atoms with Crippen molar-refractivity contribution in [3.05, 3.63) is 24.3 Å². The van der Waals surface area contributed by atoms with E-state index in [0.717, 1.165) is 12.8 Å². The zero-order valence-corrected chi connectivity index (χ0v) is 15.9. The molecule has 0 aromatic carbocycles. The van der Waals surface area contributed by atoms with E-state index in [2.05, 4.69) is 34.6 Å². The van der Waals surface area contributed by atoms with Crippen molar-refractivity contribution in [2.75, 3.05) is 0 Å². The molecular formula is C18H32O3S. The van der Waals surface area contributed by atoms with E-state index in [-0.39, 0.29) is 10.8 Å². The van der Waals surface area contributed by atoms with Crippen LogP contribution in [0.2, 0.25) is 0 Å². The molecule has 22 heavy (non-hydrogen) atoms. The molecule has 0 aromatic rings. The first kappa shape index (κ1) is 19.4. The van der Waals surface area contributed by atoms with Crippen molar-refractivity contribution < 1.29 is 13.0 Å². The van der Waals surface area contributed by atoms with Crippen molar-refractivity contribution in [1.29, 1.82) is 0 Å². The Morgan fingerprint density at radius 1 is 1.09 bits per heavy atom. The summed E-state index contributed by atoms with van der Waals surface area (Å²) in [5.74, 6) is 0. The van der Waals surface area contributed by atoms with Crippen LogP contribution in [0.15, 0.2) is 24.3 Å². The summed E-state index contributed by atoms with van der Waals surface area (Å²) in [5, 5.41) is 0. The minimum atomic E-state index is -4.24. The van der Waals surface area contributed by atoms with Crippen molar-refractivity contribution in [2.24, 2.45) is 16.2 Å². The summed E-state index contributed by atoms with van der Waals surface area (Å²) in [6, 6.07) is 0. The minimum absolute atomic E-state index is 0.0576. The van der Waals surface area contributed by atoms with Crippen LogP contribution < -0.4 is 0 Å².